The number of rotatable bonds is 13. The SMILES string of the molecule is O=C(O)[C@@H](Cc1ccccc1)NC[C@H]1O[C@@H]2O[C@H]3[C@H](O)[C@@H](O)[C@@H](O[C@H]4[C@H](O)[C@@H](O)[C@@H](O[C@H]5[C@H](O)[C@@H](O)[C@@H](O[C@H]6[C@H](O)[C@@H](O)[C@@H](O[C@H]7[C@H](O)[C@@H](O)[C@@H](O[C@H]8[C@H](O)[C@@H](O)[C@@H](O[C@H]9[C@H](O)[C@@H](O)[C@@H](O[C@H]1[C@H](O)[C@H]2O)O[C@@H]9CO)O[C@@H]8CO)O[C@@H]7CO)O[C@@H]6CO)O[C@@H]5CO)O[C@@H]4CO)O[C@@H]3CO. The molecule has 99 heavy (non-hydrogen) atoms. The molecule has 30 fully saturated rings. The summed E-state index contributed by atoms with van der Waals surface area (Å²) in [6, 6.07) is 6.76. The first-order valence-electron chi connectivity index (χ1n) is 31.9. The van der Waals surface area contributed by atoms with Crippen molar-refractivity contribution in [1.82, 2.24) is 5.32 Å². The molecule has 25 N–H and O–H groups in total. The van der Waals surface area contributed by atoms with Gasteiger partial charge in [-0.25, -0.2) is 0 Å². The number of carbonyl (C=O) groups is 1. The Bertz CT molecular complexity index is 2640. The van der Waals surface area contributed by atoms with E-state index in [0.717, 1.165) is 0 Å². The molecule has 1 aromatic carbocycles. The Kier molecular flexibility index (Phi) is 27.1. The summed E-state index contributed by atoms with van der Waals surface area (Å²) in [6.07, 6.45) is -83.6. The van der Waals surface area contributed by atoms with Crippen molar-refractivity contribution in [2.45, 2.75) is 258 Å². The molecule has 0 aliphatic carbocycles. The third-order valence-electron chi connectivity index (χ3n) is 18.9. The molecular weight excluding hydrogens is 1350 g/mol. The van der Waals surface area contributed by atoms with E-state index < -0.39 is 310 Å². The van der Waals surface area contributed by atoms with Crippen molar-refractivity contribution in [2.24, 2.45) is 0 Å². The van der Waals surface area contributed by atoms with Gasteiger partial charge in [-0.2, -0.15) is 0 Å². The third-order valence-corrected chi connectivity index (χ3v) is 18.9. The molecule has 568 valence electrons. The lowest BCUT2D eigenvalue weighted by atomic mass is 9.94. The van der Waals surface area contributed by atoms with Gasteiger partial charge in [0.2, 0.25) is 0 Å². The molecule has 30 saturated heterocycles. The van der Waals surface area contributed by atoms with E-state index in [1.165, 1.54) is 0 Å². The lowest BCUT2D eigenvalue weighted by Gasteiger charge is -2.50. The van der Waals surface area contributed by atoms with E-state index in [4.69, 9.17) is 75.8 Å². The van der Waals surface area contributed by atoms with E-state index in [9.17, 15) is 127 Å². The van der Waals surface area contributed by atoms with E-state index in [0.29, 0.717) is 5.56 Å². The summed E-state index contributed by atoms with van der Waals surface area (Å²) in [5.41, 5.74) is 0.528. The zero-order valence-electron chi connectivity index (χ0n) is 52.1. The quantitative estimate of drug-likeness (QED) is 0.0872. The van der Waals surface area contributed by atoms with Gasteiger partial charge in [-0.05, 0) is 12.0 Å². The summed E-state index contributed by atoms with van der Waals surface area (Å²) < 4.78 is 92.8. The molecule has 0 amide bonds. The topological polar surface area (TPSA) is 662 Å². The van der Waals surface area contributed by atoms with E-state index >= 15 is 0 Å². The fourth-order valence-electron chi connectivity index (χ4n) is 13.3. The number of carboxylic acids is 1. The maximum absolute atomic E-state index is 12.7. The zero-order valence-corrected chi connectivity index (χ0v) is 52.1. The average molecular weight is 1440 g/mol. The van der Waals surface area contributed by atoms with Crippen molar-refractivity contribution in [2.75, 3.05) is 52.8 Å². The Balaban J connectivity index is 0.935. The van der Waals surface area contributed by atoms with Crippen LogP contribution in [0.1, 0.15) is 5.56 Å². The van der Waals surface area contributed by atoms with Crippen LogP contribution in [0.4, 0.5) is 0 Å². The van der Waals surface area contributed by atoms with E-state index in [2.05, 4.69) is 5.32 Å². The smallest absolute Gasteiger partial charge is 0.321 e. The summed E-state index contributed by atoms with van der Waals surface area (Å²) in [5, 5.41) is 272. The summed E-state index contributed by atoms with van der Waals surface area (Å²) in [5.74, 6) is -1.40. The molecule has 42 nitrogen and oxygen atoms in total. The Morgan fingerprint density at radius 1 is 0.283 bits per heavy atom. The van der Waals surface area contributed by atoms with Gasteiger partial charge in [0, 0.05) is 6.54 Å². The molecule has 1 aromatic rings. The predicted molar refractivity (Wildman–Crippen MR) is 304 cm³/mol. The molecule has 30 aliphatic heterocycles. The fourth-order valence-corrected chi connectivity index (χ4v) is 13.3. The van der Waals surface area contributed by atoms with E-state index in [-0.39, 0.29) is 6.42 Å². The van der Waals surface area contributed by atoms with Crippen LogP contribution >= 0.6 is 0 Å². The highest BCUT2D eigenvalue weighted by Gasteiger charge is 2.60. The second-order valence-electron chi connectivity index (χ2n) is 25.3. The highest BCUT2D eigenvalue weighted by atomic mass is 16.8. The van der Waals surface area contributed by atoms with Gasteiger partial charge in [-0.1, -0.05) is 30.3 Å². The van der Waals surface area contributed by atoms with Crippen molar-refractivity contribution in [1.29, 1.82) is 0 Å². The van der Waals surface area contributed by atoms with Crippen LogP contribution in [0.5, 0.6) is 0 Å². The minimum atomic E-state index is -2.32. The fraction of sp³-hybridized carbons (Fsp3) is 0.877. The van der Waals surface area contributed by atoms with Gasteiger partial charge in [0.05, 0.1) is 46.2 Å². The number of hydrogen-bond acceptors (Lipinski definition) is 41. The molecule has 0 spiro atoms. The molecule has 31 rings (SSSR count). The Hall–Kier alpha value is -2.91. The van der Waals surface area contributed by atoms with Crippen LogP contribution in [0, 0.1) is 0 Å². The van der Waals surface area contributed by atoms with Crippen LogP contribution in [0.2, 0.25) is 0 Å². The lowest BCUT2D eigenvalue weighted by molar-refractivity contribution is -0.403. The number of nitrogens with one attached hydrogen (secondary N) is 1. The molecule has 0 unspecified atom stereocenters. The number of aliphatic hydroxyl groups excluding tert-OH is 23. The number of hydrogen-bond donors (Lipinski definition) is 25. The predicted octanol–water partition coefficient (Wildman–Crippen LogP) is -16.1. The van der Waals surface area contributed by atoms with Crippen LogP contribution in [0.3, 0.4) is 0 Å². The van der Waals surface area contributed by atoms with Gasteiger partial charge in [0.15, 0.2) is 50.3 Å². The summed E-state index contributed by atoms with van der Waals surface area (Å²) in [7, 11) is 0. The maximum Gasteiger partial charge on any atom is 0.321 e. The standard InChI is InChI=1S/C57H89NO41/c59-8-18-42-27(68)35(76)52(86-18)95-44-20(10-61)88-54(37(78)29(44)70)97-46-22(12-63)90-56(39(80)31(46)72)99-48-24(14-65)91-57(40(81)32(48)73)98-47-23(13-64)89-55(38(79)30(47)71)96-45-21(11-62)87-53(36(77)28(45)69)94-43-19(9-60)85-51(34(75)26(43)67)92-41-17(84-50(93-42)33(74)25(41)66)7-58-16(49(82)83)6-15-4-2-1-3-5-15/h1-5,16-48,50-81H,6-14H2,(H,82,83)/t16-,17-,18-,19-,20-,21-,22-,23-,24-,25-,26-,27-,28-,29-,30-,31-,32-,33-,34-,35-,36-,37-,38-,39-,40-,41-,42-,43-,44-,45-,46-,47-,48-,50-,51-,52-,53-,54-,55-,56-,57-/m1/s1. The van der Waals surface area contributed by atoms with Crippen molar-refractivity contribution >= 4 is 5.97 Å². The summed E-state index contributed by atoms with van der Waals surface area (Å²) in [4.78, 5) is 12.7. The lowest BCUT2D eigenvalue weighted by Crippen LogP contribution is -2.69. The summed E-state index contributed by atoms with van der Waals surface area (Å²) in [6.45, 7) is -8.39. The first-order valence-corrected chi connectivity index (χ1v) is 31.9. The zero-order chi connectivity index (χ0) is 71.7. The molecular formula is C57H89NO41. The number of benzene rings is 1. The van der Waals surface area contributed by atoms with Gasteiger partial charge in [-0.3, -0.25) is 4.79 Å². The molecule has 0 saturated carbocycles. The first kappa shape index (κ1) is 78.7. The first-order chi connectivity index (χ1) is 47.2. The normalized spacial score (nSPS) is 50.8. The van der Waals surface area contributed by atoms with Gasteiger partial charge in [0.1, 0.15) is 201 Å². The molecule has 41 atom stereocenters. The minimum absolute atomic E-state index is 0.165. The highest BCUT2D eigenvalue weighted by molar-refractivity contribution is 5.73. The molecule has 0 radical (unpaired) electrons. The van der Waals surface area contributed by atoms with Crippen LogP contribution in [-0.4, -0.2) is 433 Å². The monoisotopic (exact) mass is 1440 g/mol. The maximum atomic E-state index is 12.7. The number of aliphatic hydroxyl groups is 23. The third kappa shape index (κ3) is 16.4. The number of aliphatic carboxylic acids is 1. The Morgan fingerprint density at radius 3 is 0.646 bits per heavy atom. The average Bonchev–Trinajstić information content (AvgIpc) is 0.781. The van der Waals surface area contributed by atoms with E-state index in [1.807, 2.05) is 0 Å². The van der Waals surface area contributed by atoms with Gasteiger partial charge in [-0.15, -0.1) is 0 Å². The van der Waals surface area contributed by atoms with Crippen LogP contribution < -0.4 is 5.32 Å². The van der Waals surface area contributed by atoms with E-state index in [1.54, 1.807) is 30.3 Å². The molecule has 30 heterocycles. The van der Waals surface area contributed by atoms with Crippen molar-refractivity contribution in [3.63, 3.8) is 0 Å². The molecule has 16 bridgehead atoms. The van der Waals surface area contributed by atoms with Crippen molar-refractivity contribution in [3.05, 3.63) is 35.9 Å². The Labute approximate surface area is 560 Å². The van der Waals surface area contributed by atoms with Crippen molar-refractivity contribution < 1.29 is 203 Å². The van der Waals surface area contributed by atoms with Crippen molar-refractivity contribution in [3.8, 4) is 0 Å². The van der Waals surface area contributed by atoms with Crippen LogP contribution in [0.15, 0.2) is 30.3 Å². The van der Waals surface area contributed by atoms with Crippen LogP contribution in [-0.2, 0) is 87.0 Å². The summed E-state index contributed by atoms with van der Waals surface area (Å²) >= 11 is 0. The van der Waals surface area contributed by atoms with Gasteiger partial charge in [0.25, 0.3) is 0 Å². The Morgan fingerprint density at radius 2 is 0.465 bits per heavy atom. The molecule has 30 aliphatic rings. The van der Waals surface area contributed by atoms with Gasteiger partial charge >= 0.3 is 5.97 Å². The molecule has 42 heteroatoms. The molecule has 0 aromatic heterocycles. The van der Waals surface area contributed by atoms with Gasteiger partial charge < -0.3 is 204 Å². The second-order valence-corrected chi connectivity index (χ2v) is 25.3. The minimum Gasteiger partial charge on any atom is -0.480 e. The number of ether oxygens (including phenoxy) is 16. The highest BCUT2D eigenvalue weighted by Crippen LogP contribution is 2.40. The largest absolute Gasteiger partial charge is 0.480 e. The van der Waals surface area contributed by atoms with Crippen LogP contribution in [0.25, 0.3) is 0 Å². The number of carboxylic acid groups (broad SMARTS) is 1. The second kappa shape index (κ2) is 34.1.